The second-order valence-electron chi connectivity index (χ2n) is 6.58. The molecule has 2 aromatic carbocycles. The highest BCUT2D eigenvalue weighted by atomic mass is 35.5. The van der Waals surface area contributed by atoms with Crippen LogP contribution < -0.4 is 20.4 Å². The van der Waals surface area contributed by atoms with Gasteiger partial charge in [-0.25, -0.2) is 5.43 Å². The van der Waals surface area contributed by atoms with E-state index in [-0.39, 0.29) is 25.9 Å². The van der Waals surface area contributed by atoms with Crippen LogP contribution in [-0.2, 0) is 14.4 Å². The molecule has 12 heteroatoms. The molecule has 0 aromatic heterocycles. The molecule has 0 radical (unpaired) electrons. The molecule has 0 aliphatic carbocycles. The fraction of sp³-hybridized carbons (Fsp3) is 0.150. The second-order valence-corrected chi connectivity index (χ2v) is 8.19. The quantitative estimate of drug-likeness (QED) is 0.202. The average molecular weight is 514 g/mol. The molecule has 8 nitrogen and oxygen atoms in total. The summed E-state index contributed by atoms with van der Waals surface area (Å²) in [5, 5.41) is 6.66. The number of thiocarbonyl (C=S) groups is 1. The number of nitrogens with zero attached hydrogens (tertiary/aromatic N) is 2. The monoisotopic (exact) mass is 512 g/mol. The molecule has 1 atom stereocenters. The minimum absolute atomic E-state index is 0.0389. The Hall–Kier alpha value is -2.72. The molecule has 1 saturated heterocycles. The van der Waals surface area contributed by atoms with E-state index in [1.807, 2.05) is 19.1 Å². The van der Waals surface area contributed by atoms with Gasteiger partial charge >= 0.3 is 0 Å². The molecule has 1 fully saturated rings. The van der Waals surface area contributed by atoms with E-state index in [2.05, 4.69) is 15.8 Å². The van der Waals surface area contributed by atoms with Crippen LogP contribution in [0.3, 0.4) is 0 Å². The molecule has 166 valence electrons. The SMILES string of the molecule is Cc1ccc(N2C(=O)[C@H](/C=N/NC(=O)COc3cc(Cl)cc(Cl)c3Cl)C(=O)NC2=S)cc1. The van der Waals surface area contributed by atoms with Gasteiger partial charge in [-0.3, -0.25) is 19.3 Å². The Kier molecular flexibility index (Phi) is 7.68. The Morgan fingerprint density at radius 1 is 1.25 bits per heavy atom. The fourth-order valence-electron chi connectivity index (χ4n) is 2.66. The van der Waals surface area contributed by atoms with Crippen LogP contribution >= 0.6 is 47.0 Å². The van der Waals surface area contributed by atoms with Crippen molar-refractivity contribution in [2.45, 2.75) is 6.92 Å². The van der Waals surface area contributed by atoms with E-state index in [1.54, 1.807) is 12.1 Å². The summed E-state index contributed by atoms with van der Waals surface area (Å²) in [6.45, 7) is 1.44. The number of rotatable bonds is 6. The minimum atomic E-state index is -1.29. The predicted octanol–water partition coefficient (Wildman–Crippen LogP) is 3.50. The summed E-state index contributed by atoms with van der Waals surface area (Å²) < 4.78 is 5.29. The molecule has 0 saturated carbocycles. The third kappa shape index (κ3) is 5.55. The van der Waals surface area contributed by atoms with Crippen molar-refractivity contribution >= 4 is 81.8 Å². The number of anilines is 1. The van der Waals surface area contributed by atoms with Crippen LogP contribution in [0.1, 0.15) is 5.56 Å². The first-order valence-corrected chi connectivity index (χ1v) is 10.6. The number of ether oxygens (including phenoxy) is 1. The lowest BCUT2D eigenvalue weighted by molar-refractivity contribution is -0.130. The number of halogens is 3. The molecule has 32 heavy (non-hydrogen) atoms. The van der Waals surface area contributed by atoms with Crippen LogP contribution in [-0.4, -0.2) is 35.7 Å². The number of carbonyl (C=O) groups excluding carboxylic acids is 3. The molecule has 1 aliphatic heterocycles. The van der Waals surface area contributed by atoms with Crippen molar-refractivity contribution in [1.82, 2.24) is 10.7 Å². The van der Waals surface area contributed by atoms with Crippen LogP contribution in [0.4, 0.5) is 5.69 Å². The standard InChI is InChI=1S/C20H15Cl3N4O4S/c1-10-2-4-12(5-3-10)27-19(30)13(18(29)25-20(27)32)8-24-26-16(28)9-31-15-7-11(21)6-14(22)17(15)23/h2-8,13H,9H2,1H3,(H,26,28)(H,25,29,32)/b24-8+/t13-/m1/s1. The summed E-state index contributed by atoms with van der Waals surface area (Å²) in [6, 6.07) is 9.87. The zero-order chi connectivity index (χ0) is 23.4. The summed E-state index contributed by atoms with van der Waals surface area (Å²) in [7, 11) is 0. The number of carbonyl (C=O) groups is 3. The average Bonchev–Trinajstić information content (AvgIpc) is 2.73. The van der Waals surface area contributed by atoms with Crippen molar-refractivity contribution in [2.75, 3.05) is 11.5 Å². The summed E-state index contributed by atoms with van der Waals surface area (Å²) in [5.41, 5.74) is 3.67. The van der Waals surface area contributed by atoms with Gasteiger partial charge in [0.1, 0.15) is 10.8 Å². The molecule has 2 N–H and O–H groups in total. The number of benzene rings is 2. The maximum atomic E-state index is 12.8. The van der Waals surface area contributed by atoms with E-state index in [0.29, 0.717) is 5.69 Å². The Bertz CT molecular complexity index is 1120. The first-order chi connectivity index (χ1) is 15.2. The number of hydrogen-bond acceptors (Lipinski definition) is 6. The highest BCUT2D eigenvalue weighted by molar-refractivity contribution is 7.80. The second kappa shape index (κ2) is 10.3. The van der Waals surface area contributed by atoms with Crippen LogP contribution in [0.2, 0.25) is 15.1 Å². The van der Waals surface area contributed by atoms with Crippen molar-refractivity contribution in [1.29, 1.82) is 0 Å². The van der Waals surface area contributed by atoms with Crippen molar-refractivity contribution in [3.05, 3.63) is 57.0 Å². The van der Waals surface area contributed by atoms with Crippen LogP contribution in [0, 0.1) is 12.8 Å². The van der Waals surface area contributed by atoms with Gasteiger partial charge < -0.3 is 10.1 Å². The van der Waals surface area contributed by atoms with Crippen LogP contribution in [0.25, 0.3) is 0 Å². The van der Waals surface area contributed by atoms with Gasteiger partial charge in [0.25, 0.3) is 11.8 Å². The molecule has 1 heterocycles. The fourth-order valence-corrected chi connectivity index (χ4v) is 3.59. The first-order valence-electron chi connectivity index (χ1n) is 9.02. The van der Waals surface area contributed by atoms with Crippen molar-refractivity contribution in [3.8, 4) is 5.75 Å². The number of aryl methyl sites for hydroxylation is 1. The predicted molar refractivity (Wildman–Crippen MR) is 126 cm³/mol. The maximum absolute atomic E-state index is 12.8. The highest BCUT2D eigenvalue weighted by Crippen LogP contribution is 2.35. The number of nitrogens with one attached hydrogen (secondary N) is 2. The molecule has 3 amide bonds. The van der Waals surface area contributed by atoms with Gasteiger partial charge in [-0.05, 0) is 37.3 Å². The summed E-state index contributed by atoms with van der Waals surface area (Å²) in [4.78, 5) is 38.2. The normalized spacial score (nSPS) is 16.3. The van der Waals surface area contributed by atoms with Gasteiger partial charge in [0, 0.05) is 17.3 Å². The van der Waals surface area contributed by atoms with Crippen molar-refractivity contribution in [3.63, 3.8) is 0 Å². The summed E-state index contributed by atoms with van der Waals surface area (Å²) >= 11 is 22.9. The lowest BCUT2D eigenvalue weighted by Crippen LogP contribution is -2.58. The van der Waals surface area contributed by atoms with E-state index >= 15 is 0 Å². The molecule has 0 unspecified atom stereocenters. The summed E-state index contributed by atoms with van der Waals surface area (Å²) in [5.74, 6) is -3.09. The zero-order valence-electron chi connectivity index (χ0n) is 16.4. The Balaban J connectivity index is 1.63. The lowest BCUT2D eigenvalue weighted by Gasteiger charge is -2.30. The van der Waals surface area contributed by atoms with Gasteiger partial charge in [0.2, 0.25) is 5.91 Å². The van der Waals surface area contributed by atoms with E-state index in [9.17, 15) is 14.4 Å². The maximum Gasteiger partial charge on any atom is 0.277 e. The minimum Gasteiger partial charge on any atom is -0.482 e. The topological polar surface area (TPSA) is 100 Å². The Morgan fingerprint density at radius 3 is 2.62 bits per heavy atom. The Labute approximate surface area is 203 Å². The van der Waals surface area contributed by atoms with Gasteiger partial charge in [-0.2, -0.15) is 5.10 Å². The molecule has 1 aliphatic rings. The van der Waals surface area contributed by atoms with Gasteiger partial charge in [-0.1, -0.05) is 52.5 Å². The van der Waals surface area contributed by atoms with Gasteiger partial charge in [-0.15, -0.1) is 0 Å². The largest absolute Gasteiger partial charge is 0.482 e. The smallest absolute Gasteiger partial charge is 0.277 e. The van der Waals surface area contributed by atoms with E-state index < -0.39 is 30.2 Å². The van der Waals surface area contributed by atoms with Crippen LogP contribution in [0.15, 0.2) is 41.5 Å². The third-order valence-electron chi connectivity index (χ3n) is 4.23. The molecular weight excluding hydrogens is 499 g/mol. The zero-order valence-corrected chi connectivity index (χ0v) is 19.5. The van der Waals surface area contributed by atoms with E-state index in [4.69, 9.17) is 51.8 Å². The van der Waals surface area contributed by atoms with Gasteiger partial charge in [0.15, 0.2) is 17.6 Å². The number of hydrazone groups is 1. The highest BCUT2D eigenvalue weighted by Gasteiger charge is 2.38. The lowest BCUT2D eigenvalue weighted by atomic mass is 10.1. The van der Waals surface area contributed by atoms with E-state index in [0.717, 1.165) is 11.8 Å². The van der Waals surface area contributed by atoms with Crippen LogP contribution in [0.5, 0.6) is 5.75 Å². The molecule has 3 rings (SSSR count). The molecule has 0 spiro atoms. The molecular formula is C20H15Cl3N4O4S. The third-order valence-corrected chi connectivity index (χ3v) is 5.51. The molecule has 2 aromatic rings. The van der Waals surface area contributed by atoms with Crippen molar-refractivity contribution in [2.24, 2.45) is 11.0 Å². The Morgan fingerprint density at radius 2 is 1.94 bits per heavy atom. The molecule has 0 bridgehead atoms. The van der Waals surface area contributed by atoms with Crippen molar-refractivity contribution < 1.29 is 19.1 Å². The van der Waals surface area contributed by atoms with Gasteiger partial charge in [0.05, 0.1) is 10.7 Å². The number of amides is 3. The summed E-state index contributed by atoms with van der Waals surface area (Å²) in [6.07, 6.45) is 1.02. The first kappa shape index (κ1) is 23.9. The van der Waals surface area contributed by atoms with E-state index in [1.165, 1.54) is 17.0 Å². The number of hydrogen-bond donors (Lipinski definition) is 2.